The fraction of sp³-hybridized carbons (Fsp3) is 0.333. The molecule has 0 aliphatic heterocycles. The summed E-state index contributed by atoms with van der Waals surface area (Å²) in [5.41, 5.74) is 5.06. The second-order valence-electron chi connectivity index (χ2n) is 5.53. The molecule has 1 N–H and O–H groups in total. The molecule has 0 saturated carbocycles. The fourth-order valence-electron chi connectivity index (χ4n) is 3.19. The summed E-state index contributed by atoms with van der Waals surface area (Å²) in [5, 5.41) is 9.98. The maximum absolute atomic E-state index is 9.98. The van der Waals surface area contributed by atoms with Gasteiger partial charge in [-0.1, -0.05) is 82.7 Å². The highest BCUT2D eigenvalue weighted by Gasteiger charge is 2.38. The summed E-state index contributed by atoms with van der Waals surface area (Å²) in [6.45, 7) is 8.25. The monoisotopic (exact) mass is 294 g/mol. The number of hydrogen-bond donors (Lipinski definition) is 1. The topological polar surface area (TPSA) is 20.2 Å². The maximum Gasteiger partial charge on any atom is 0.119 e. The van der Waals surface area contributed by atoms with Gasteiger partial charge in [-0.05, 0) is 22.8 Å². The Balaban J connectivity index is 0.000000319. The van der Waals surface area contributed by atoms with E-state index >= 15 is 0 Å². The molecule has 0 saturated heterocycles. The molecule has 4 aliphatic carbocycles. The molecule has 0 radical (unpaired) electrons. The Morgan fingerprint density at radius 2 is 1.32 bits per heavy atom. The first-order chi connectivity index (χ1) is 10.8. The van der Waals surface area contributed by atoms with Crippen molar-refractivity contribution in [1.29, 1.82) is 0 Å². The molecular formula is C21H26O. The van der Waals surface area contributed by atoms with Crippen LogP contribution in [0.25, 0.3) is 0 Å². The van der Waals surface area contributed by atoms with Crippen LogP contribution in [0.2, 0.25) is 0 Å². The Kier molecular flexibility index (Phi) is 5.43. The van der Waals surface area contributed by atoms with E-state index in [2.05, 4.69) is 56.4 Å². The van der Waals surface area contributed by atoms with E-state index in [4.69, 9.17) is 0 Å². The van der Waals surface area contributed by atoms with Crippen LogP contribution in [0.5, 0.6) is 0 Å². The second-order valence-corrected chi connectivity index (χ2v) is 5.53. The van der Waals surface area contributed by atoms with Gasteiger partial charge in [-0.3, -0.25) is 0 Å². The lowest BCUT2D eigenvalue weighted by Gasteiger charge is -2.39. The molecule has 0 aromatic heterocycles. The molecule has 0 amide bonds. The van der Waals surface area contributed by atoms with Gasteiger partial charge >= 0.3 is 0 Å². The van der Waals surface area contributed by atoms with Gasteiger partial charge in [0, 0.05) is 17.4 Å². The van der Waals surface area contributed by atoms with Gasteiger partial charge in [0.1, 0.15) is 5.76 Å². The summed E-state index contributed by atoms with van der Waals surface area (Å²) in [7, 11) is 0. The summed E-state index contributed by atoms with van der Waals surface area (Å²) in [6.07, 6.45) is 20.1. The third-order valence-electron chi connectivity index (χ3n) is 3.98. The van der Waals surface area contributed by atoms with Gasteiger partial charge in [0.15, 0.2) is 0 Å². The largest absolute Gasteiger partial charge is 0.508 e. The summed E-state index contributed by atoms with van der Waals surface area (Å²) < 4.78 is 0. The number of allylic oxidation sites excluding steroid dienone is 13. The van der Waals surface area contributed by atoms with Crippen LogP contribution in [0.1, 0.15) is 34.1 Å². The predicted octanol–water partition coefficient (Wildman–Crippen LogP) is 5.98. The van der Waals surface area contributed by atoms with Crippen molar-refractivity contribution in [3.63, 3.8) is 0 Å². The Morgan fingerprint density at radius 1 is 0.773 bits per heavy atom. The van der Waals surface area contributed by atoms with Crippen LogP contribution in [0.3, 0.4) is 0 Å². The van der Waals surface area contributed by atoms with Gasteiger partial charge in [-0.25, -0.2) is 0 Å². The van der Waals surface area contributed by atoms with E-state index in [1.54, 1.807) is 6.08 Å². The fourth-order valence-corrected chi connectivity index (χ4v) is 3.19. The van der Waals surface area contributed by atoms with Crippen LogP contribution >= 0.6 is 0 Å². The quantitative estimate of drug-likeness (QED) is 0.583. The van der Waals surface area contributed by atoms with Crippen molar-refractivity contribution in [2.75, 3.05) is 0 Å². The zero-order valence-electron chi connectivity index (χ0n) is 14.0. The Bertz CT molecular complexity index is 633. The third kappa shape index (κ3) is 2.81. The highest BCUT2D eigenvalue weighted by Crippen LogP contribution is 2.48. The van der Waals surface area contributed by atoms with Gasteiger partial charge in [-0.2, -0.15) is 0 Å². The first kappa shape index (κ1) is 16.4. The minimum absolute atomic E-state index is 0.307. The van der Waals surface area contributed by atoms with E-state index in [0.717, 1.165) is 5.57 Å². The van der Waals surface area contributed by atoms with Crippen molar-refractivity contribution in [2.45, 2.75) is 34.1 Å². The third-order valence-corrected chi connectivity index (χ3v) is 3.98. The van der Waals surface area contributed by atoms with Crippen molar-refractivity contribution in [3.8, 4) is 0 Å². The highest BCUT2D eigenvalue weighted by atomic mass is 16.3. The zero-order valence-corrected chi connectivity index (χ0v) is 14.0. The highest BCUT2D eigenvalue weighted by molar-refractivity contribution is 5.60. The molecule has 0 fully saturated rings. The van der Waals surface area contributed by atoms with Crippen molar-refractivity contribution in [1.82, 2.24) is 0 Å². The van der Waals surface area contributed by atoms with Crippen LogP contribution in [0.15, 0.2) is 82.7 Å². The maximum atomic E-state index is 9.98. The van der Waals surface area contributed by atoms with Crippen LogP contribution in [-0.2, 0) is 0 Å². The SMILES string of the molecule is CC.CCC.OC1=C2C=CC3=CC=CC4=CC=C(C=C1)C2C34. The standard InChI is InChI=1S/C16H12O.C3H8.C2H6/c17-14-9-7-12-5-4-10-2-1-3-11-6-8-13(14)16(12)15(10)11;1-3-2;1-2/h1-9,15-17H;3H2,1-2H3;1-2H3. The molecular weight excluding hydrogens is 268 g/mol. The minimum atomic E-state index is 0.307. The van der Waals surface area contributed by atoms with Crippen LogP contribution in [-0.4, -0.2) is 5.11 Å². The van der Waals surface area contributed by atoms with E-state index in [9.17, 15) is 5.11 Å². The smallest absolute Gasteiger partial charge is 0.119 e. The van der Waals surface area contributed by atoms with Crippen LogP contribution in [0.4, 0.5) is 0 Å². The lowest BCUT2D eigenvalue weighted by atomic mass is 9.64. The van der Waals surface area contributed by atoms with Gasteiger partial charge in [-0.15, -0.1) is 0 Å². The lowest BCUT2D eigenvalue weighted by Crippen LogP contribution is -2.29. The Labute approximate surface area is 134 Å². The molecule has 0 bridgehead atoms. The molecule has 116 valence electrons. The number of rotatable bonds is 0. The average Bonchev–Trinajstić information content (AvgIpc) is 2.57. The minimum Gasteiger partial charge on any atom is -0.508 e. The number of aliphatic hydroxyl groups is 1. The normalized spacial score (nSPS) is 25.7. The number of aliphatic hydroxyl groups excluding tert-OH is 1. The molecule has 1 nitrogen and oxygen atoms in total. The molecule has 4 rings (SSSR count). The molecule has 0 aromatic rings. The van der Waals surface area contributed by atoms with Gasteiger partial charge in [0.05, 0.1) is 0 Å². The summed E-state index contributed by atoms with van der Waals surface area (Å²) in [4.78, 5) is 0. The molecule has 4 aliphatic rings. The number of hydrogen-bond acceptors (Lipinski definition) is 1. The molecule has 22 heavy (non-hydrogen) atoms. The van der Waals surface area contributed by atoms with Crippen molar-refractivity contribution >= 4 is 0 Å². The molecule has 0 aromatic carbocycles. The van der Waals surface area contributed by atoms with Gasteiger partial charge in [0.25, 0.3) is 0 Å². The predicted molar refractivity (Wildman–Crippen MR) is 95.6 cm³/mol. The van der Waals surface area contributed by atoms with Gasteiger partial charge in [0.2, 0.25) is 0 Å². The summed E-state index contributed by atoms with van der Waals surface area (Å²) in [6, 6.07) is 0. The molecule has 2 unspecified atom stereocenters. The van der Waals surface area contributed by atoms with Crippen molar-refractivity contribution in [3.05, 3.63) is 82.7 Å². The van der Waals surface area contributed by atoms with Crippen molar-refractivity contribution < 1.29 is 5.11 Å². The van der Waals surface area contributed by atoms with E-state index in [-0.39, 0.29) is 0 Å². The Morgan fingerprint density at radius 3 is 2.00 bits per heavy atom. The van der Waals surface area contributed by atoms with E-state index < -0.39 is 0 Å². The first-order valence-corrected chi connectivity index (χ1v) is 8.35. The van der Waals surface area contributed by atoms with Crippen molar-refractivity contribution in [2.24, 2.45) is 11.8 Å². The van der Waals surface area contributed by atoms with E-state index in [0.29, 0.717) is 17.6 Å². The van der Waals surface area contributed by atoms with Gasteiger partial charge < -0.3 is 5.11 Å². The second kappa shape index (κ2) is 7.31. The lowest BCUT2D eigenvalue weighted by molar-refractivity contribution is 0.406. The van der Waals surface area contributed by atoms with Crippen LogP contribution < -0.4 is 0 Å². The molecule has 0 heterocycles. The van der Waals surface area contributed by atoms with E-state index in [1.165, 1.54) is 23.1 Å². The summed E-state index contributed by atoms with van der Waals surface area (Å²) >= 11 is 0. The zero-order chi connectivity index (χ0) is 16.1. The average molecular weight is 294 g/mol. The summed E-state index contributed by atoms with van der Waals surface area (Å²) in [5.74, 6) is 1.12. The molecule has 2 atom stereocenters. The molecule has 1 heteroatoms. The van der Waals surface area contributed by atoms with E-state index in [1.807, 2.05) is 19.9 Å². The first-order valence-electron chi connectivity index (χ1n) is 8.35. The molecule has 0 spiro atoms. The van der Waals surface area contributed by atoms with Crippen LogP contribution in [0, 0.1) is 11.8 Å². The Hall–Kier alpha value is -2.02.